The molecule has 3 aromatic rings. The van der Waals surface area contributed by atoms with Crippen LogP contribution in [0.25, 0.3) is 11.0 Å². The molecular formula is C17H17ClN2O. The number of aromatic nitrogens is 2. The summed E-state index contributed by atoms with van der Waals surface area (Å²) in [5.41, 5.74) is 4.29. The second-order valence-corrected chi connectivity index (χ2v) is 5.73. The molecule has 0 saturated carbocycles. The lowest BCUT2D eigenvalue weighted by Crippen LogP contribution is -2.05. The maximum Gasteiger partial charge on any atom is 0.153 e. The number of hydrogen-bond donors (Lipinski definition) is 1. The van der Waals surface area contributed by atoms with Crippen molar-refractivity contribution in [3.05, 3.63) is 58.4 Å². The molecule has 1 heterocycles. The molecule has 108 valence electrons. The molecule has 3 nitrogen and oxygen atoms in total. The number of aromatic amines is 1. The fraction of sp³-hybridized carbons (Fsp3) is 0.235. The maximum absolute atomic E-state index is 5.99. The first-order valence-electron chi connectivity index (χ1n) is 6.92. The normalized spacial score (nSPS) is 12.6. The average Bonchev–Trinajstić information content (AvgIpc) is 2.86. The number of H-pyrrole nitrogens is 1. The third-order valence-electron chi connectivity index (χ3n) is 3.64. The third kappa shape index (κ3) is 2.88. The standard InChI is InChI=1S/C17H17ClN2O/c1-10-4-6-14(8-11(10)2)21-12(3)17-19-15-7-5-13(18)9-16(15)20-17/h4-9,12H,1-3H3,(H,19,20). The number of aryl methyl sites for hydroxylation is 2. The predicted octanol–water partition coefficient (Wildman–Crippen LogP) is 4.97. The lowest BCUT2D eigenvalue weighted by atomic mass is 10.1. The molecule has 21 heavy (non-hydrogen) atoms. The summed E-state index contributed by atoms with van der Waals surface area (Å²) < 4.78 is 5.97. The van der Waals surface area contributed by atoms with Crippen molar-refractivity contribution in [1.29, 1.82) is 0 Å². The number of hydrogen-bond acceptors (Lipinski definition) is 2. The van der Waals surface area contributed by atoms with Gasteiger partial charge in [-0.05, 0) is 62.2 Å². The van der Waals surface area contributed by atoms with Crippen molar-refractivity contribution in [2.45, 2.75) is 26.9 Å². The van der Waals surface area contributed by atoms with Gasteiger partial charge in [-0.2, -0.15) is 0 Å². The summed E-state index contributed by atoms with van der Waals surface area (Å²) in [6.07, 6.45) is -0.154. The Morgan fingerprint density at radius 3 is 2.67 bits per heavy atom. The van der Waals surface area contributed by atoms with Gasteiger partial charge in [-0.25, -0.2) is 4.98 Å². The summed E-state index contributed by atoms with van der Waals surface area (Å²) in [6.45, 7) is 6.15. The van der Waals surface area contributed by atoms with Gasteiger partial charge >= 0.3 is 0 Å². The average molecular weight is 301 g/mol. The highest BCUT2D eigenvalue weighted by molar-refractivity contribution is 6.31. The summed E-state index contributed by atoms with van der Waals surface area (Å²) >= 11 is 5.99. The fourth-order valence-electron chi connectivity index (χ4n) is 2.24. The molecule has 0 saturated heterocycles. The Balaban J connectivity index is 1.85. The van der Waals surface area contributed by atoms with Crippen molar-refractivity contribution in [2.24, 2.45) is 0 Å². The van der Waals surface area contributed by atoms with Crippen molar-refractivity contribution >= 4 is 22.6 Å². The lowest BCUT2D eigenvalue weighted by molar-refractivity contribution is 0.218. The quantitative estimate of drug-likeness (QED) is 0.741. The van der Waals surface area contributed by atoms with Crippen molar-refractivity contribution in [2.75, 3.05) is 0 Å². The van der Waals surface area contributed by atoms with Crippen LogP contribution in [-0.2, 0) is 0 Å². The van der Waals surface area contributed by atoms with E-state index in [0.717, 1.165) is 22.6 Å². The fourth-order valence-corrected chi connectivity index (χ4v) is 2.41. The highest BCUT2D eigenvalue weighted by Gasteiger charge is 2.13. The Hall–Kier alpha value is -2.00. The van der Waals surface area contributed by atoms with Crippen molar-refractivity contribution in [3.8, 4) is 5.75 Å². The van der Waals surface area contributed by atoms with Crippen LogP contribution in [0, 0.1) is 13.8 Å². The van der Waals surface area contributed by atoms with Crippen LogP contribution in [0.1, 0.15) is 30.0 Å². The van der Waals surface area contributed by atoms with Crippen LogP contribution in [0.4, 0.5) is 0 Å². The van der Waals surface area contributed by atoms with Gasteiger partial charge in [0.2, 0.25) is 0 Å². The molecule has 0 aliphatic carbocycles. The minimum Gasteiger partial charge on any atom is -0.483 e. The maximum atomic E-state index is 5.99. The van der Waals surface area contributed by atoms with E-state index in [9.17, 15) is 0 Å². The highest BCUT2D eigenvalue weighted by atomic mass is 35.5. The summed E-state index contributed by atoms with van der Waals surface area (Å²) in [7, 11) is 0. The van der Waals surface area contributed by atoms with E-state index in [4.69, 9.17) is 16.3 Å². The zero-order chi connectivity index (χ0) is 15.0. The van der Waals surface area contributed by atoms with Gasteiger partial charge in [0, 0.05) is 5.02 Å². The second kappa shape index (κ2) is 5.41. The molecule has 1 N–H and O–H groups in total. The minimum absolute atomic E-state index is 0.154. The summed E-state index contributed by atoms with van der Waals surface area (Å²) in [5, 5.41) is 0.695. The predicted molar refractivity (Wildman–Crippen MR) is 86.1 cm³/mol. The topological polar surface area (TPSA) is 37.9 Å². The third-order valence-corrected chi connectivity index (χ3v) is 3.87. The van der Waals surface area contributed by atoms with Crippen LogP contribution in [0.5, 0.6) is 5.75 Å². The number of imidazole rings is 1. The minimum atomic E-state index is -0.154. The number of ether oxygens (including phenoxy) is 1. The first-order valence-corrected chi connectivity index (χ1v) is 7.30. The number of rotatable bonds is 3. The van der Waals surface area contributed by atoms with Crippen LogP contribution >= 0.6 is 11.6 Å². The Bertz CT molecular complexity index is 795. The number of benzene rings is 2. The first-order chi connectivity index (χ1) is 10.0. The molecule has 3 rings (SSSR count). The van der Waals surface area contributed by atoms with E-state index in [2.05, 4.69) is 29.9 Å². The van der Waals surface area contributed by atoms with E-state index in [-0.39, 0.29) is 6.10 Å². The van der Waals surface area contributed by atoms with Crippen LogP contribution in [0.3, 0.4) is 0 Å². The van der Waals surface area contributed by atoms with E-state index in [1.54, 1.807) is 0 Å². The Kier molecular flexibility index (Phi) is 3.60. The molecular weight excluding hydrogens is 284 g/mol. The van der Waals surface area contributed by atoms with Gasteiger partial charge in [0.05, 0.1) is 11.0 Å². The summed E-state index contributed by atoms with van der Waals surface area (Å²) in [5.74, 6) is 1.65. The molecule has 0 radical (unpaired) electrons. The van der Waals surface area contributed by atoms with Crippen LogP contribution in [-0.4, -0.2) is 9.97 Å². The Labute approximate surface area is 128 Å². The number of fused-ring (bicyclic) bond motifs is 1. The SMILES string of the molecule is Cc1ccc(OC(C)c2nc3ccc(Cl)cc3[nH]2)cc1C. The monoisotopic (exact) mass is 300 g/mol. The van der Waals surface area contributed by atoms with Crippen molar-refractivity contribution < 1.29 is 4.74 Å². The Morgan fingerprint density at radius 1 is 1.10 bits per heavy atom. The number of halogens is 1. The molecule has 1 unspecified atom stereocenters. The highest BCUT2D eigenvalue weighted by Crippen LogP contribution is 2.25. The lowest BCUT2D eigenvalue weighted by Gasteiger charge is -2.13. The van der Waals surface area contributed by atoms with Gasteiger partial charge in [-0.15, -0.1) is 0 Å². The zero-order valence-electron chi connectivity index (χ0n) is 12.3. The molecule has 1 aromatic heterocycles. The van der Waals surface area contributed by atoms with Crippen molar-refractivity contribution in [1.82, 2.24) is 9.97 Å². The van der Waals surface area contributed by atoms with E-state index in [1.807, 2.05) is 37.3 Å². The number of nitrogens with one attached hydrogen (secondary N) is 1. The van der Waals surface area contributed by atoms with E-state index < -0.39 is 0 Å². The van der Waals surface area contributed by atoms with Gasteiger partial charge in [-0.1, -0.05) is 17.7 Å². The molecule has 0 aliphatic heterocycles. The number of nitrogens with zero attached hydrogens (tertiary/aromatic N) is 1. The second-order valence-electron chi connectivity index (χ2n) is 5.29. The van der Waals surface area contributed by atoms with Crippen LogP contribution < -0.4 is 4.74 Å². The van der Waals surface area contributed by atoms with Crippen LogP contribution in [0.15, 0.2) is 36.4 Å². The molecule has 0 fully saturated rings. The van der Waals surface area contributed by atoms with Gasteiger partial charge < -0.3 is 9.72 Å². The molecule has 1 atom stereocenters. The molecule has 0 aliphatic rings. The van der Waals surface area contributed by atoms with Gasteiger partial charge in [0.1, 0.15) is 11.6 Å². The van der Waals surface area contributed by atoms with Gasteiger partial charge in [0.25, 0.3) is 0 Å². The van der Waals surface area contributed by atoms with Crippen LogP contribution in [0.2, 0.25) is 5.02 Å². The van der Waals surface area contributed by atoms with Gasteiger partial charge in [0.15, 0.2) is 6.10 Å². The van der Waals surface area contributed by atoms with Gasteiger partial charge in [-0.3, -0.25) is 0 Å². The zero-order valence-corrected chi connectivity index (χ0v) is 13.0. The molecule has 0 amide bonds. The molecule has 0 spiro atoms. The Morgan fingerprint density at radius 2 is 1.90 bits per heavy atom. The van der Waals surface area contributed by atoms with E-state index >= 15 is 0 Å². The molecule has 4 heteroatoms. The van der Waals surface area contributed by atoms with Crippen molar-refractivity contribution in [3.63, 3.8) is 0 Å². The largest absolute Gasteiger partial charge is 0.483 e. The molecule has 2 aromatic carbocycles. The first kappa shape index (κ1) is 14.0. The smallest absolute Gasteiger partial charge is 0.153 e. The van der Waals surface area contributed by atoms with E-state index in [1.165, 1.54) is 11.1 Å². The summed E-state index contributed by atoms with van der Waals surface area (Å²) in [4.78, 5) is 7.81. The van der Waals surface area contributed by atoms with E-state index in [0.29, 0.717) is 5.02 Å². The summed E-state index contributed by atoms with van der Waals surface area (Å²) in [6, 6.07) is 11.7. The molecule has 0 bridgehead atoms.